The lowest BCUT2D eigenvalue weighted by Gasteiger charge is -2.32. The van der Waals surface area contributed by atoms with Crippen LogP contribution in [0.25, 0.3) is 5.57 Å². The summed E-state index contributed by atoms with van der Waals surface area (Å²) < 4.78 is 6.13. The minimum absolute atomic E-state index is 0.244. The first-order chi connectivity index (χ1) is 16.0. The summed E-state index contributed by atoms with van der Waals surface area (Å²) in [6, 6.07) is 16.2. The number of fused-ring (bicyclic) bond motifs is 1. The zero-order valence-electron chi connectivity index (χ0n) is 19.9. The van der Waals surface area contributed by atoms with Gasteiger partial charge in [-0.2, -0.15) is 0 Å². The van der Waals surface area contributed by atoms with Crippen LogP contribution in [-0.4, -0.2) is 36.4 Å². The zero-order valence-corrected chi connectivity index (χ0v) is 20.7. The first-order valence-electron chi connectivity index (χ1n) is 12.5. The lowest BCUT2D eigenvalue weighted by molar-refractivity contribution is -0.114. The number of nitrogens with zero attached hydrogens (tertiary/aromatic N) is 1. The highest BCUT2D eigenvalue weighted by Gasteiger charge is 2.25. The normalized spacial score (nSPS) is 19.3. The average molecular weight is 466 g/mol. The summed E-state index contributed by atoms with van der Waals surface area (Å²) in [5.41, 5.74) is 3.43. The van der Waals surface area contributed by atoms with E-state index in [9.17, 15) is 4.79 Å². The lowest BCUT2D eigenvalue weighted by atomic mass is 9.80. The molecule has 1 atom stereocenters. The molecule has 1 aliphatic carbocycles. The Morgan fingerprint density at radius 2 is 1.82 bits per heavy atom. The smallest absolute Gasteiger partial charge is 0.163 e. The summed E-state index contributed by atoms with van der Waals surface area (Å²) in [6.07, 6.45) is 8.55. The van der Waals surface area contributed by atoms with Gasteiger partial charge in [-0.1, -0.05) is 67.9 Å². The van der Waals surface area contributed by atoms with Gasteiger partial charge in [-0.3, -0.25) is 4.79 Å². The van der Waals surface area contributed by atoms with Gasteiger partial charge in [-0.05, 0) is 73.7 Å². The molecule has 1 aliphatic heterocycles. The summed E-state index contributed by atoms with van der Waals surface area (Å²) in [5.74, 6) is 1.93. The van der Waals surface area contributed by atoms with Crippen molar-refractivity contribution in [2.24, 2.45) is 11.8 Å². The number of benzene rings is 2. The third-order valence-electron chi connectivity index (χ3n) is 6.80. The second-order valence-corrected chi connectivity index (χ2v) is 10.4. The molecule has 4 rings (SSSR count). The monoisotopic (exact) mass is 465 g/mol. The van der Waals surface area contributed by atoms with Crippen molar-refractivity contribution in [1.82, 2.24) is 4.90 Å². The molecule has 0 amide bonds. The van der Waals surface area contributed by atoms with Crippen molar-refractivity contribution < 1.29 is 9.53 Å². The maximum atomic E-state index is 12.9. The molecule has 33 heavy (non-hydrogen) atoms. The van der Waals surface area contributed by atoms with Crippen LogP contribution in [0.2, 0.25) is 5.02 Å². The number of likely N-dealkylation sites (tertiary alicyclic amines) is 1. The molecule has 0 bridgehead atoms. The van der Waals surface area contributed by atoms with E-state index in [1.54, 1.807) is 0 Å². The van der Waals surface area contributed by atoms with Gasteiger partial charge in [0.05, 0.1) is 5.02 Å². The SMILES string of the molecule is CC(C)CC(=O)C1=CC(CCCN2CCC(Oc3ccccc3Cl)CC2)Cc2ccccc21. The largest absolute Gasteiger partial charge is 0.489 e. The fraction of sp³-hybridized carbons (Fsp3) is 0.483. The van der Waals surface area contributed by atoms with Crippen LogP contribution < -0.4 is 4.74 Å². The Bertz CT molecular complexity index is 975. The summed E-state index contributed by atoms with van der Waals surface area (Å²) in [7, 11) is 0. The second-order valence-electron chi connectivity index (χ2n) is 9.95. The number of carbonyl (C=O) groups excluding carboxylic acids is 1. The highest BCUT2D eigenvalue weighted by atomic mass is 35.5. The fourth-order valence-electron chi connectivity index (χ4n) is 5.08. The molecule has 1 fully saturated rings. The summed E-state index contributed by atoms with van der Waals surface area (Å²) in [6.45, 7) is 7.48. The Morgan fingerprint density at radius 3 is 2.58 bits per heavy atom. The third-order valence-corrected chi connectivity index (χ3v) is 7.11. The molecule has 176 valence electrons. The maximum absolute atomic E-state index is 12.9. The Kier molecular flexibility index (Phi) is 8.27. The van der Waals surface area contributed by atoms with Crippen LogP contribution in [0.5, 0.6) is 5.75 Å². The maximum Gasteiger partial charge on any atom is 0.163 e. The number of Topliss-reactive ketones (excluding diaryl/α,β-unsaturated/α-hetero) is 1. The van der Waals surface area contributed by atoms with E-state index in [-0.39, 0.29) is 6.10 Å². The van der Waals surface area contributed by atoms with Crippen molar-refractivity contribution in [3.63, 3.8) is 0 Å². The minimum atomic E-state index is 0.244. The number of para-hydroxylation sites is 1. The second kappa shape index (κ2) is 11.4. The van der Waals surface area contributed by atoms with Gasteiger partial charge < -0.3 is 9.64 Å². The van der Waals surface area contributed by atoms with Crippen molar-refractivity contribution in [1.29, 1.82) is 0 Å². The van der Waals surface area contributed by atoms with Gasteiger partial charge in [0.25, 0.3) is 0 Å². The third kappa shape index (κ3) is 6.49. The Labute approximate surface area is 203 Å². The molecule has 0 N–H and O–H groups in total. The standard InChI is InChI=1S/C29H36ClNO2/c1-21(2)18-28(32)26-20-22(19-23-9-3-4-10-25(23)26)8-7-15-31-16-13-24(14-17-31)33-29-12-6-5-11-27(29)30/h3-6,9-12,20-22,24H,7-8,13-19H2,1-2H3. The van der Waals surface area contributed by atoms with E-state index >= 15 is 0 Å². The van der Waals surface area contributed by atoms with Crippen molar-refractivity contribution in [3.05, 3.63) is 70.8 Å². The van der Waals surface area contributed by atoms with E-state index < -0.39 is 0 Å². The molecule has 1 unspecified atom stereocenters. The molecule has 1 heterocycles. The quantitative estimate of drug-likeness (QED) is 0.406. The number of halogens is 1. The Morgan fingerprint density at radius 1 is 1.09 bits per heavy atom. The lowest BCUT2D eigenvalue weighted by Crippen LogP contribution is -2.38. The van der Waals surface area contributed by atoms with E-state index in [1.165, 1.54) is 5.56 Å². The van der Waals surface area contributed by atoms with Gasteiger partial charge in [0, 0.05) is 25.1 Å². The molecule has 2 aromatic carbocycles. The number of carbonyl (C=O) groups is 1. The van der Waals surface area contributed by atoms with Crippen LogP contribution in [0.3, 0.4) is 0 Å². The van der Waals surface area contributed by atoms with Crippen molar-refractivity contribution >= 4 is 23.0 Å². The first-order valence-corrected chi connectivity index (χ1v) is 12.8. The van der Waals surface area contributed by atoms with Gasteiger partial charge in [-0.25, -0.2) is 0 Å². The van der Waals surface area contributed by atoms with E-state index in [0.717, 1.165) is 68.6 Å². The van der Waals surface area contributed by atoms with Crippen molar-refractivity contribution in [2.45, 2.75) is 58.5 Å². The van der Waals surface area contributed by atoms with Crippen LogP contribution >= 0.6 is 11.6 Å². The van der Waals surface area contributed by atoms with E-state index in [1.807, 2.05) is 24.3 Å². The van der Waals surface area contributed by atoms with Crippen LogP contribution in [0.1, 0.15) is 57.1 Å². The zero-order chi connectivity index (χ0) is 23.2. The van der Waals surface area contributed by atoms with Crippen LogP contribution in [0, 0.1) is 11.8 Å². The molecule has 1 saturated heterocycles. The van der Waals surface area contributed by atoms with Crippen molar-refractivity contribution in [2.75, 3.05) is 19.6 Å². The molecule has 0 saturated carbocycles. The predicted octanol–water partition coefficient (Wildman–Crippen LogP) is 6.83. The molecule has 4 heteroatoms. The fourth-order valence-corrected chi connectivity index (χ4v) is 5.27. The molecule has 0 spiro atoms. The molecule has 0 aromatic heterocycles. The van der Waals surface area contributed by atoms with Crippen LogP contribution in [-0.2, 0) is 11.2 Å². The van der Waals surface area contributed by atoms with Gasteiger partial charge in [-0.15, -0.1) is 0 Å². The Hall–Kier alpha value is -2.10. The van der Waals surface area contributed by atoms with Gasteiger partial charge in [0.2, 0.25) is 0 Å². The van der Waals surface area contributed by atoms with Crippen LogP contribution in [0.15, 0.2) is 54.6 Å². The molecule has 2 aliphatic rings. The highest BCUT2D eigenvalue weighted by molar-refractivity contribution is 6.32. The summed E-state index contributed by atoms with van der Waals surface area (Å²) in [5, 5.41) is 0.688. The molecular formula is C29H36ClNO2. The van der Waals surface area contributed by atoms with E-state index in [0.29, 0.717) is 29.1 Å². The van der Waals surface area contributed by atoms with Gasteiger partial charge in [0.1, 0.15) is 11.9 Å². The number of hydrogen-bond donors (Lipinski definition) is 0. The number of ketones is 1. The first kappa shape index (κ1) is 24.0. The molecular weight excluding hydrogens is 430 g/mol. The topological polar surface area (TPSA) is 29.5 Å². The molecule has 2 aromatic rings. The molecule has 0 radical (unpaired) electrons. The van der Waals surface area contributed by atoms with Gasteiger partial charge in [0.15, 0.2) is 5.78 Å². The van der Waals surface area contributed by atoms with E-state index in [4.69, 9.17) is 16.3 Å². The number of rotatable bonds is 9. The van der Waals surface area contributed by atoms with Crippen molar-refractivity contribution in [3.8, 4) is 5.75 Å². The Balaban J connectivity index is 1.26. The predicted molar refractivity (Wildman–Crippen MR) is 137 cm³/mol. The number of hydrogen-bond acceptors (Lipinski definition) is 3. The summed E-state index contributed by atoms with van der Waals surface area (Å²) in [4.78, 5) is 15.5. The van der Waals surface area contributed by atoms with E-state index in [2.05, 4.69) is 49.1 Å². The molecule has 3 nitrogen and oxygen atoms in total. The minimum Gasteiger partial charge on any atom is -0.489 e. The van der Waals surface area contributed by atoms with Gasteiger partial charge >= 0.3 is 0 Å². The number of ether oxygens (including phenoxy) is 1. The number of allylic oxidation sites excluding steroid dienone is 2. The number of piperidine rings is 1. The van der Waals surface area contributed by atoms with Crippen LogP contribution in [0.4, 0.5) is 0 Å². The summed E-state index contributed by atoms with van der Waals surface area (Å²) >= 11 is 6.24. The average Bonchev–Trinajstić information content (AvgIpc) is 2.81. The highest BCUT2D eigenvalue weighted by Crippen LogP contribution is 2.33.